The fourth-order valence-corrected chi connectivity index (χ4v) is 14.0. The first-order valence-corrected chi connectivity index (χ1v) is 17.5. The predicted molar refractivity (Wildman–Crippen MR) is 159 cm³/mol. The van der Waals surface area contributed by atoms with Gasteiger partial charge >= 0.3 is 0 Å². The van der Waals surface area contributed by atoms with Gasteiger partial charge in [-0.25, -0.2) is 0 Å². The molecule has 3 saturated heterocycles. The van der Waals surface area contributed by atoms with Crippen LogP contribution >= 0.6 is 0 Å². The maximum absolute atomic E-state index is 12.7. The average molecular weight is 621 g/mol. The highest BCUT2D eigenvalue weighted by Gasteiger charge is 2.88. The molecule has 5 saturated carbocycles. The van der Waals surface area contributed by atoms with Gasteiger partial charge < -0.3 is 44.5 Å². The van der Waals surface area contributed by atoms with Crippen LogP contribution in [0.15, 0.2) is 0 Å². The largest absolute Gasteiger partial charge is 0.388 e. The maximum Gasteiger partial charge on any atom is 0.199 e. The van der Waals surface area contributed by atoms with Crippen molar-refractivity contribution >= 4 is 0 Å². The molecule has 0 radical (unpaired) electrons. The van der Waals surface area contributed by atoms with Crippen LogP contribution in [0.25, 0.3) is 0 Å². The molecule has 5 N–H and O–H groups in total. The SMILES string of the molecule is C[C@@H]1C[C@H]2O[C@@]3(O[C@@H]2C(C)(C)O)[C@H](O)[C@@]2(C)[C@H]4CC[C@@H]5C(C)(C)[C@@H](O[C@H]6OC[C@H](O)[C@H](O)[C@H]6O)CC[C@@]56C[C@@]46CC[C@]2(C)[C@@H]13. The minimum absolute atomic E-state index is 0.0559. The van der Waals surface area contributed by atoms with Crippen LogP contribution in [0.2, 0.25) is 0 Å². The summed E-state index contributed by atoms with van der Waals surface area (Å²) in [5, 5.41) is 54.5. The highest BCUT2D eigenvalue weighted by molar-refractivity contribution is 5.34. The van der Waals surface area contributed by atoms with Crippen LogP contribution in [0.4, 0.5) is 0 Å². The Balaban J connectivity index is 1.10. The van der Waals surface area contributed by atoms with E-state index in [2.05, 4.69) is 34.6 Å². The second-order valence-electron chi connectivity index (χ2n) is 18.3. The van der Waals surface area contributed by atoms with Crippen LogP contribution < -0.4 is 0 Å². The summed E-state index contributed by atoms with van der Waals surface area (Å²) < 4.78 is 25.8. The van der Waals surface area contributed by atoms with E-state index in [-0.39, 0.29) is 51.8 Å². The predicted octanol–water partition coefficient (Wildman–Crippen LogP) is 3.12. The quantitative estimate of drug-likeness (QED) is 0.301. The van der Waals surface area contributed by atoms with Gasteiger partial charge in [0.25, 0.3) is 0 Å². The van der Waals surface area contributed by atoms with E-state index < -0.39 is 48.2 Å². The van der Waals surface area contributed by atoms with Gasteiger partial charge in [-0.05, 0) is 105 Å². The van der Waals surface area contributed by atoms with Crippen molar-refractivity contribution in [2.24, 2.45) is 50.7 Å². The van der Waals surface area contributed by atoms with Gasteiger partial charge in [0.15, 0.2) is 12.1 Å². The van der Waals surface area contributed by atoms with Gasteiger partial charge in [0.05, 0.1) is 24.4 Å². The Labute approximate surface area is 262 Å². The van der Waals surface area contributed by atoms with Crippen LogP contribution in [0.5, 0.6) is 0 Å². The molecule has 3 aliphatic heterocycles. The van der Waals surface area contributed by atoms with Gasteiger partial charge in [-0.1, -0.05) is 34.6 Å². The number of aliphatic hydroxyl groups is 5. The molecule has 0 aromatic heterocycles. The molecule has 3 heterocycles. The van der Waals surface area contributed by atoms with Crippen molar-refractivity contribution in [1.82, 2.24) is 0 Å². The number of fused-ring (bicyclic) bond motifs is 4. The van der Waals surface area contributed by atoms with E-state index >= 15 is 0 Å². The standard InChI is InChI=1S/C35H56O9/c1-17-14-19-26(30(4,5)40)44-35(43-19)25(17)31(6)12-13-34-16-33(34)11-10-22(42-27-24(38)23(37)18(36)15-41-27)29(2,3)20(33)8-9-21(34)32(31,7)28(35)39/h17-28,36-40H,8-16H2,1-7H3/t17-,18+,19-,20-,21-,22+,23+,24-,25-,26+,27-,28-,31-,32-,33-,34+,35+/m1/s1. The molecule has 17 atom stereocenters. The van der Waals surface area contributed by atoms with Crippen molar-refractivity contribution in [3.63, 3.8) is 0 Å². The molecule has 8 aliphatic rings. The summed E-state index contributed by atoms with van der Waals surface area (Å²) in [6.45, 7) is 15.2. The van der Waals surface area contributed by atoms with Gasteiger partial charge in [0.2, 0.25) is 0 Å². The van der Waals surface area contributed by atoms with E-state index in [1.165, 1.54) is 6.42 Å². The first-order chi connectivity index (χ1) is 20.4. The highest BCUT2D eigenvalue weighted by Crippen LogP contribution is 2.90. The third-order valence-corrected chi connectivity index (χ3v) is 15.9. The van der Waals surface area contributed by atoms with E-state index in [1.807, 2.05) is 0 Å². The lowest BCUT2D eigenvalue weighted by atomic mass is 9.41. The smallest absolute Gasteiger partial charge is 0.199 e. The van der Waals surface area contributed by atoms with Crippen molar-refractivity contribution in [2.75, 3.05) is 6.61 Å². The van der Waals surface area contributed by atoms with Crippen LogP contribution in [0.1, 0.15) is 99.8 Å². The fourth-order valence-electron chi connectivity index (χ4n) is 14.0. The number of ether oxygens (including phenoxy) is 4. The molecule has 5 aliphatic carbocycles. The van der Waals surface area contributed by atoms with E-state index in [0.717, 1.165) is 44.9 Å². The molecular formula is C35H56O9. The third-order valence-electron chi connectivity index (χ3n) is 15.9. The zero-order chi connectivity index (χ0) is 31.6. The Kier molecular flexibility index (Phi) is 6.33. The van der Waals surface area contributed by atoms with Gasteiger partial charge in [0, 0.05) is 11.3 Å². The number of rotatable bonds is 3. The lowest BCUT2D eigenvalue weighted by Gasteiger charge is -2.63. The molecule has 0 amide bonds. The topological polar surface area (TPSA) is 138 Å². The molecule has 9 heteroatoms. The zero-order valence-corrected chi connectivity index (χ0v) is 27.7. The monoisotopic (exact) mass is 620 g/mol. The molecule has 0 unspecified atom stereocenters. The van der Waals surface area contributed by atoms with E-state index in [0.29, 0.717) is 17.8 Å². The summed E-state index contributed by atoms with van der Waals surface area (Å²) in [7, 11) is 0. The van der Waals surface area contributed by atoms with Gasteiger partial charge in [-0.2, -0.15) is 0 Å². The zero-order valence-electron chi connectivity index (χ0n) is 27.7. The normalized spacial score (nSPS) is 62.2. The molecule has 8 rings (SSSR count). The summed E-state index contributed by atoms with van der Waals surface area (Å²) in [5.74, 6) is 0.108. The third kappa shape index (κ3) is 3.38. The Morgan fingerprint density at radius 2 is 1.52 bits per heavy atom. The maximum atomic E-state index is 12.7. The summed E-state index contributed by atoms with van der Waals surface area (Å²) in [6, 6.07) is 0. The first kappa shape index (κ1) is 30.9. The molecule has 0 aromatic rings. The Morgan fingerprint density at radius 3 is 2.23 bits per heavy atom. The van der Waals surface area contributed by atoms with Gasteiger partial charge in [-0.15, -0.1) is 0 Å². The van der Waals surface area contributed by atoms with Crippen LogP contribution in [-0.2, 0) is 18.9 Å². The highest BCUT2D eigenvalue weighted by atomic mass is 16.8. The van der Waals surface area contributed by atoms with Crippen LogP contribution in [0, 0.1) is 50.7 Å². The second-order valence-corrected chi connectivity index (χ2v) is 18.3. The van der Waals surface area contributed by atoms with Gasteiger partial charge in [-0.3, -0.25) is 0 Å². The van der Waals surface area contributed by atoms with E-state index in [4.69, 9.17) is 18.9 Å². The fraction of sp³-hybridized carbons (Fsp3) is 1.00. The van der Waals surface area contributed by atoms with Crippen molar-refractivity contribution < 1.29 is 44.5 Å². The van der Waals surface area contributed by atoms with E-state index in [1.54, 1.807) is 13.8 Å². The number of aliphatic hydroxyl groups excluding tert-OH is 4. The molecule has 3 spiro atoms. The molecule has 9 nitrogen and oxygen atoms in total. The van der Waals surface area contributed by atoms with Crippen molar-refractivity contribution in [3.05, 3.63) is 0 Å². The molecule has 44 heavy (non-hydrogen) atoms. The Hall–Kier alpha value is -0.360. The van der Waals surface area contributed by atoms with Crippen LogP contribution in [-0.4, -0.2) is 92.5 Å². The molecule has 2 bridgehead atoms. The lowest BCUT2D eigenvalue weighted by molar-refractivity contribution is -0.303. The van der Waals surface area contributed by atoms with Crippen molar-refractivity contribution in [2.45, 2.75) is 160 Å². The van der Waals surface area contributed by atoms with Crippen molar-refractivity contribution in [1.29, 1.82) is 0 Å². The van der Waals surface area contributed by atoms with Crippen molar-refractivity contribution in [3.8, 4) is 0 Å². The Bertz CT molecular complexity index is 1200. The lowest BCUT2D eigenvalue weighted by Crippen LogP contribution is -2.61. The molecule has 0 aromatic carbocycles. The summed E-state index contributed by atoms with van der Waals surface area (Å²) in [5.41, 5.74) is -1.39. The first-order valence-electron chi connectivity index (χ1n) is 17.5. The van der Waals surface area contributed by atoms with Crippen LogP contribution in [0.3, 0.4) is 0 Å². The Morgan fingerprint density at radius 1 is 0.841 bits per heavy atom. The summed E-state index contributed by atoms with van der Waals surface area (Å²) in [4.78, 5) is 0. The number of hydrogen-bond donors (Lipinski definition) is 5. The average Bonchev–Trinajstić information content (AvgIpc) is 3.45. The summed E-state index contributed by atoms with van der Waals surface area (Å²) in [6.07, 6.45) is 2.00. The van der Waals surface area contributed by atoms with E-state index in [9.17, 15) is 25.5 Å². The minimum Gasteiger partial charge on any atom is -0.388 e. The second kappa shape index (κ2) is 9.00. The molecular weight excluding hydrogens is 564 g/mol. The summed E-state index contributed by atoms with van der Waals surface area (Å²) >= 11 is 0. The van der Waals surface area contributed by atoms with Gasteiger partial charge in [0.1, 0.15) is 30.5 Å². The number of hydrogen-bond acceptors (Lipinski definition) is 9. The molecule has 8 fully saturated rings. The minimum atomic E-state index is -1.28. The molecule has 250 valence electrons.